The summed E-state index contributed by atoms with van der Waals surface area (Å²) in [5, 5.41) is 5.37. The number of ether oxygens (including phenoxy) is 2. The zero-order chi connectivity index (χ0) is 29.9. The van der Waals surface area contributed by atoms with Gasteiger partial charge < -0.3 is 20.1 Å². The van der Waals surface area contributed by atoms with E-state index in [1.807, 2.05) is 0 Å². The lowest BCUT2D eigenvalue weighted by Gasteiger charge is -2.23. The Morgan fingerprint density at radius 3 is 2.37 bits per heavy atom. The molecule has 3 aromatic rings. The lowest BCUT2D eigenvalue weighted by Crippen LogP contribution is -2.44. The molecule has 1 aliphatic heterocycles. The van der Waals surface area contributed by atoms with Crippen LogP contribution in [0.5, 0.6) is 5.75 Å². The van der Waals surface area contributed by atoms with Gasteiger partial charge in [-0.25, -0.2) is 13.8 Å². The van der Waals surface area contributed by atoms with Gasteiger partial charge in [0.25, 0.3) is 11.8 Å². The monoisotopic (exact) mass is 598 g/mol. The van der Waals surface area contributed by atoms with E-state index in [1.165, 1.54) is 38.5 Å². The van der Waals surface area contributed by atoms with Crippen molar-refractivity contribution in [3.63, 3.8) is 0 Å². The maximum absolute atomic E-state index is 15.2. The molecule has 2 N–H and O–H groups in total. The maximum Gasteiger partial charge on any atom is 0.421 e. The lowest BCUT2D eigenvalue weighted by molar-refractivity contribution is -0.136. The molecule has 14 heteroatoms. The molecular weight excluding hydrogens is 575 g/mol. The molecule has 41 heavy (non-hydrogen) atoms. The number of methoxy groups -OCH3 is 2. The Kier molecular flexibility index (Phi) is 8.98. The third-order valence-corrected chi connectivity index (χ3v) is 6.71. The van der Waals surface area contributed by atoms with Gasteiger partial charge in [-0.2, -0.15) is 13.2 Å². The summed E-state index contributed by atoms with van der Waals surface area (Å²) in [7, 11) is 2.57. The highest BCUT2D eigenvalue weighted by Gasteiger charge is 2.49. The SMILES string of the molecule is COCCNc1ccnc(N2C[C@@H](c3c(F)cc(OC)cc3F)C(NC(=O)c3ccc(Cl)cc3)C2=O)c1C(F)(F)F. The molecule has 218 valence electrons. The van der Waals surface area contributed by atoms with Gasteiger partial charge in [0.15, 0.2) is 0 Å². The third-order valence-electron chi connectivity index (χ3n) is 6.46. The number of aromatic nitrogens is 1. The van der Waals surface area contributed by atoms with Crippen LogP contribution < -0.4 is 20.3 Å². The molecule has 4 rings (SSSR count). The number of benzene rings is 2. The summed E-state index contributed by atoms with van der Waals surface area (Å²) in [6.07, 6.45) is -3.91. The average Bonchev–Trinajstić information content (AvgIpc) is 3.23. The van der Waals surface area contributed by atoms with E-state index < -0.39 is 65.1 Å². The summed E-state index contributed by atoms with van der Waals surface area (Å²) >= 11 is 5.87. The normalized spacial score (nSPS) is 17.1. The number of pyridine rings is 1. The Bertz CT molecular complexity index is 1420. The summed E-state index contributed by atoms with van der Waals surface area (Å²) < 4.78 is 83.1. The number of nitrogens with one attached hydrogen (secondary N) is 2. The molecule has 0 saturated carbocycles. The molecule has 1 aromatic heterocycles. The van der Waals surface area contributed by atoms with Gasteiger partial charge in [-0.1, -0.05) is 11.6 Å². The number of anilines is 2. The van der Waals surface area contributed by atoms with Crippen molar-refractivity contribution in [1.82, 2.24) is 10.3 Å². The van der Waals surface area contributed by atoms with E-state index >= 15 is 8.78 Å². The number of hydrogen-bond donors (Lipinski definition) is 2. The Hall–Kier alpha value is -3.97. The van der Waals surface area contributed by atoms with Gasteiger partial charge in [0, 0.05) is 60.6 Å². The van der Waals surface area contributed by atoms with Crippen LogP contribution in [0, 0.1) is 11.6 Å². The van der Waals surface area contributed by atoms with Crippen LogP contribution in [0.3, 0.4) is 0 Å². The molecule has 0 radical (unpaired) electrons. The molecule has 0 spiro atoms. The standard InChI is InChI=1S/C27H24ClF5N4O4/c1-40-10-9-34-20-7-8-35-24(22(20)27(31,32)33)37-13-17(21-18(29)11-16(41-2)12-19(21)30)23(26(37)39)36-25(38)14-3-5-15(28)6-4-14/h3-8,11-12,17,23H,9-10,13H2,1-2H3,(H,34,35)(H,36,38)/t17-,23?/m0/s1. The minimum absolute atomic E-state index is 0.0155. The van der Waals surface area contributed by atoms with E-state index in [4.69, 9.17) is 21.1 Å². The lowest BCUT2D eigenvalue weighted by atomic mass is 9.92. The second-order valence-electron chi connectivity index (χ2n) is 8.99. The van der Waals surface area contributed by atoms with Gasteiger partial charge in [0.2, 0.25) is 0 Å². The highest BCUT2D eigenvalue weighted by atomic mass is 35.5. The van der Waals surface area contributed by atoms with Crippen LogP contribution >= 0.6 is 11.6 Å². The largest absolute Gasteiger partial charge is 0.497 e. The van der Waals surface area contributed by atoms with E-state index in [-0.39, 0.29) is 30.2 Å². The first kappa shape index (κ1) is 30.0. The summed E-state index contributed by atoms with van der Waals surface area (Å²) in [5.74, 6) is -6.43. The molecule has 1 fully saturated rings. The third kappa shape index (κ3) is 6.35. The smallest absolute Gasteiger partial charge is 0.421 e. The molecule has 1 saturated heterocycles. The summed E-state index contributed by atoms with van der Waals surface area (Å²) in [6, 6.07) is 6.74. The zero-order valence-corrected chi connectivity index (χ0v) is 22.4. The Balaban J connectivity index is 1.80. The molecule has 0 bridgehead atoms. The highest BCUT2D eigenvalue weighted by Crippen LogP contribution is 2.43. The molecule has 2 amide bonds. The Morgan fingerprint density at radius 2 is 1.78 bits per heavy atom. The number of carbonyl (C=O) groups is 2. The van der Waals surface area contributed by atoms with Crippen LogP contribution in [0.15, 0.2) is 48.7 Å². The van der Waals surface area contributed by atoms with Crippen molar-refractivity contribution < 1.29 is 41.0 Å². The van der Waals surface area contributed by atoms with Gasteiger partial charge in [0.1, 0.15) is 34.8 Å². The van der Waals surface area contributed by atoms with Crippen molar-refractivity contribution in [1.29, 1.82) is 0 Å². The van der Waals surface area contributed by atoms with Gasteiger partial charge >= 0.3 is 6.18 Å². The molecule has 2 heterocycles. The first-order valence-corrected chi connectivity index (χ1v) is 12.5. The number of rotatable bonds is 9. The molecule has 8 nitrogen and oxygen atoms in total. The predicted molar refractivity (Wildman–Crippen MR) is 140 cm³/mol. The van der Waals surface area contributed by atoms with Crippen LogP contribution in [0.4, 0.5) is 33.5 Å². The first-order chi connectivity index (χ1) is 19.5. The Labute approximate surface area is 236 Å². The number of amides is 2. The number of hydrogen-bond acceptors (Lipinski definition) is 6. The van der Waals surface area contributed by atoms with Crippen molar-refractivity contribution >= 4 is 34.9 Å². The van der Waals surface area contributed by atoms with Gasteiger partial charge in [-0.05, 0) is 30.3 Å². The van der Waals surface area contributed by atoms with Crippen LogP contribution in [0.25, 0.3) is 0 Å². The molecule has 0 aliphatic carbocycles. The minimum Gasteiger partial charge on any atom is -0.497 e. The van der Waals surface area contributed by atoms with E-state index in [0.717, 1.165) is 24.4 Å². The van der Waals surface area contributed by atoms with Gasteiger partial charge in [-0.3, -0.25) is 14.5 Å². The van der Waals surface area contributed by atoms with E-state index in [9.17, 15) is 22.8 Å². The van der Waals surface area contributed by atoms with E-state index in [0.29, 0.717) is 9.92 Å². The molecule has 1 aliphatic rings. The quantitative estimate of drug-likeness (QED) is 0.265. The fraction of sp³-hybridized carbons (Fsp3) is 0.296. The number of nitrogens with zero attached hydrogens (tertiary/aromatic N) is 2. The fourth-order valence-corrected chi connectivity index (χ4v) is 4.70. The van der Waals surface area contributed by atoms with Crippen molar-refractivity contribution in [3.8, 4) is 5.75 Å². The fourth-order valence-electron chi connectivity index (χ4n) is 4.57. The summed E-state index contributed by atoms with van der Waals surface area (Å²) in [4.78, 5) is 31.2. The van der Waals surface area contributed by atoms with Crippen LogP contribution in [0.1, 0.15) is 27.4 Å². The summed E-state index contributed by atoms with van der Waals surface area (Å²) in [6.45, 7) is -0.516. The van der Waals surface area contributed by atoms with Crippen molar-refractivity contribution in [2.45, 2.75) is 18.1 Å². The van der Waals surface area contributed by atoms with E-state index in [2.05, 4.69) is 15.6 Å². The highest BCUT2D eigenvalue weighted by molar-refractivity contribution is 6.30. The Morgan fingerprint density at radius 1 is 1.12 bits per heavy atom. The van der Waals surface area contributed by atoms with Gasteiger partial charge in [0.05, 0.1) is 19.4 Å². The second-order valence-corrected chi connectivity index (χ2v) is 9.43. The number of halogens is 6. The van der Waals surface area contributed by atoms with Crippen LogP contribution in [-0.2, 0) is 15.7 Å². The first-order valence-electron chi connectivity index (χ1n) is 12.2. The van der Waals surface area contributed by atoms with Crippen LogP contribution in [-0.4, -0.2) is 56.8 Å². The average molecular weight is 599 g/mol. The maximum atomic E-state index is 15.2. The second kappa shape index (κ2) is 12.3. The van der Waals surface area contributed by atoms with Crippen molar-refractivity contribution in [2.24, 2.45) is 0 Å². The number of alkyl halides is 3. The topological polar surface area (TPSA) is 92.8 Å². The van der Waals surface area contributed by atoms with Crippen LogP contribution in [0.2, 0.25) is 5.02 Å². The molecule has 1 unspecified atom stereocenters. The molecule has 2 atom stereocenters. The zero-order valence-electron chi connectivity index (χ0n) is 21.7. The van der Waals surface area contributed by atoms with Crippen molar-refractivity contribution in [3.05, 3.63) is 82.0 Å². The minimum atomic E-state index is -4.98. The summed E-state index contributed by atoms with van der Waals surface area (Å²) in [5.41, 5.74) is -2.18. The molecule has 2 aromatic carbocycles. The molecular formula is C27H24ClF5N4O4. The number of carbonyl (C=O) groups excluding carboxylic acids is 2. The van der Waals surface area contributed by atoms with Crippen molar-refractivity contribution in [2.75, 3.05) is 44.1 Å². The van der Waals surface area contributed by atoms with Gasteiger partial charge in [-0.15, -0.1) is 0 Å². The van der Waals surface area contributed by atoms with E-state index in [1.54, 1.807) is 0 Å². The predicted octanol–water partition coefficient (Wildman–Crippen LogP) is 5.03.